The van der Waals surface area contributed by atoms with E-state index in [9.17, 15) is 18.0 Å². The molecule has 1 aliphatic heterocycles. The molecule has 10 nitrogen and oxygen atoms in total. The fourth-order valence-electron chi connectivity index (χ4n) is 3.08. The van der Waals surface area contributed by atoms with E-state index in [-0.39, 0.29) is 5.91 Å². The first-order valence-corrected chi connectivity index (χ1v) is 10.4. The Morgan fingerprint density at radius 2 is 1.74 bits per heavy atom. The van der Waals surface area contributed by atoms with Crippen LogP contribution < -0.4 is 15.5 Å². The van der Waals surface area contributed by atoms with E-state index < -0.39 is 12.1 Å². The highest BCUT2D eigenvalue weighted by Gasteiger charge is 2.38. The number of hydrogen-bond acceptors (Lipinski definition) is 7. The highest BCUT2D eigenvalue weighted by Crippen LogP contribution is 2.22. The zero-order valence-electron chi connectivity index (χ0n) is 18.6. The molecule has 35 heavy (non-hydrogen) atoms. The van der Waals surface area contributed by atoms with Crippen LogP contribution in [0.1, 0.15) is 10.4 Å². The lowest BCUT2D eigenvalue weighted by Crippen LogP contribution is -2.36. The van der Waals surface area contributed by atoms with Crippen LogP contribution in [0.4, 0.5) is 30.4 Å². The van der Waals surface area contributed by atoms with Crippen molar-refractivity contribution >= 4 is 29.1 Å². The van der Waals surface area contributed by atoms with E-state index >= 15 is 0 Å². The van der Waals surface area contributed by atoms with Crippen LogP contribution in [0, 0.1) is 0 Å². The van der Waals surface area contributed by atoms with Crippen molar-refractivity contribution in [2.45, 2.75) is 6.18 Å². The molecule has 1 aliphatic rings. The Morgan fingerprint density at radius 3 is 2.34 bits per heavy atom. The Hall–Kier alpha value is -4.13. The number of morpholine rings is 1. The second-order valence-corrected chi connectivity index (χ2v) is 7.23. The predicted octanol–water partition coefficient (Wildman–Crippen LogP) is 2.84. The molecule has 186 valence electrons. The molecule has 0 radical (unpaired) electrons. The summed E-state index contributed by atoms with van der Waals surface area (Å²) in [5.74, 6) is -2.22. The topological polar surface area (TPSA) is 122 Å². The van der Waals surface area contributed by atoms with E-state index in [1.807, 2.05) is 24.3 Å². The van der Waals surface area contributed by atoms with Gasteiger partial charge in [0.2, 0.25) is 0 Å². The van der Waals surface area contributed by atoms with E-state index in [1.54, 1.807) is 24.1 Å². The number of benzene rings is 1. The lowest BCUT2D eigenvalue weighted by atomic mass is 10.2. The molecule has 3 N–H and O–H groups in total. The SMILES string of the molecule is CNC(=O)c1cnn(-c2ccnc(Nc3ccc(N4CCOCC4)cc3)c2)c1.O=C(O)C(F)(F)F. The van der Waals surface area contributed by atoms with Gasteiger partial charge in [-0.25, -0.2) is 14.5 Å². The summed E-state index contributed by atoms with van der Waals surface area (Å²) in [7, 11) is 1.60. The van der Waals surface area contributed by atoms with Gasteiger partial charge in [-0.3, -0.25) is 4.79 Å². The van der Waals surface area contributed by atoms with Gasteiger partial charge in [-0.05, 0) is 30.3 Å². The molecule has 0 bridgehead atoms. The van der Waals surface area contributed by atoms with Gasteiger partial charge in [0.1, 0.15) is 5.82 Å². The zero-order valence-corrected chi connectivity index (χ0v) is 18.6. The van der Waals surface area contributed by atoms with Crippen LogP contribution in [0.15, 0.2) is 55.0 Å². The average molecular weight is 492 g/mol. The largest absolute Gasteiger partial charge is 0.490 e. The Kier molecular flexibility index (Phi) is 8.25. The first kappa shape index (κ1) is 25.5. The monoisotopic (exact) mass is 492 g/mol. The molecular formula is C22H23F3N6O4. The molecule has 0 spiro atoms. The molecule has 0 atom stereocenters. The number of carbonyl (C=O) groups is 2. The summed E-state index contributed by atoms with van der Waals surface area (Å²) in [6, 6.07) is 12.0. The fourth-order valence-corrected chi connectivity index (χ4v) is 3.08. The van der Waals surface area contributed by atoms with Crippen LogP contribution in [0.5, 0.6) is 0 Å². The Morgan fingerprint density at radius 1 is 1.09 bits per heavy atom. The smallest absolute Gasteiger partial charge is 0.475 e. The van der Waals surface area contributed by atoms with E-state index in [1.165, 1.54) is 11.9 Å². The third-order valence-corrected chi connectivity index (χ3v) is 4.84. The number of alkyl halides is 3. The van der Waals surface area contributed by atoms with Crippen molar-refractivity contribution in [3.05, 3.63) is 60.6 Å². The summed E-state index contributed by atoms with van der Waals surface area (Å²) < 4.78 is 38.8. The number of nitrogens with zero attached hydrogens (tertiary/aromatic N) is 4. The Labute approximate surface area is 198 Å². The first-order valence-electron chi connectivity index (χ1n) is 10.4. The van der Waals surface area contributed by atoms with E-state index in [4.69, 9.17) is 14.6 Å². The van der Waals surface area contributed by atoms with Crippen LogP contribution >= 0.6 is 0 Å². The number of hydrogen-bond donors (Lipinski definition) is 3. The predicted molar refractivity (Wildman–Crippen MR) is 121 cm³/mol. The summed E-state index contributed by atoms with van der Waals surface area (Å²) in [5.41, 5.74) is 3.46. The number of amides is 1. The maximum absolute atomic E-state index is 11.7. The Balaban J connectivity index is 0.000000429. The van der Waals surface area contributed by atoms with E-state index in [0.29, 0.717) is 11.4 Å². The maximum atomic E-state index is 11.7. The van der Waals surface area contributed by atoms with Crippen LogP contribution in [0.2, 0.25) is 0 Å². The molecule has 13 heteroatoms. The Bertz CT molecular complexity index is 1140. The summed E-state index contributed by atoms with van der Waals surface area (Å²) in [5, 5.41) is 17.3. The number of aromatic nitrogens is 3. The minimum absolute atomic E-state index is 0.168. The summed E-state index contributed by atoms with van der Waals surface area (Å²) in [6.45, 7) is 3.37. The number of aliphatic carboxylic acids is 1. The number of carbonyl (C=O) groups excluding carboxylic acids is 1. The van der Waals surface area contributed by atoms with Gasteiger partial charge in [-0.15, -0.1) is 0 Å². The molecule has 0 aliphatic carbocycles. The average Bonchev–Trinajstić information content (AvgIpc) is 3.35. The number of rotatable bonds is 5. The molecule has 1 amide bonds. The quantitative estimate of drug-likeness (QED) is 0.497. The van der Waals surface area contributed by atoms with Gasteiger partial charge in [0.15, 0.2) is 0 Å². The maximum Gasteiger partial charge on any atom is 0.490 e. The van der Waals surface area contributed by atoms with Gasteiger partial charge >= 0.3 is 12.1 Å². The van der Waals surface area contributed by atoms with Gasteiger partial charge in [0, 0.05) is 50.0 Å². The van der Waals surface area contributed by atoms with Gasteiger partial charge in [-0.2, -0.15) is 18.3 Å². The molecular weight excluding hydrogens is 469 g/mol. The normalized spacial score (nSPS) is 13.4. The number of pyridine rings is 1. The summed E-state index contributed by atoms with van der Waals surface area (Å²) in [4.78, 5) is 27.3. The number of anilines is 3. The lowest BCUT2D eigenvalue weighted by molar-refractivity contribution is -0.192. The van der Waals surface area contributed by atoms with Crippen molar-refractivity contribution in [1.82, 2.24) is 20.1 Å². The molecule has 0 unspecified atom stereocenters. The van der Waals surface area contributed by atoms with Crippen molar-refractivity contribution in [2.24, 2.45) is 0 Å². The lowest BCUT2D eigenvalue weighted by Gasteiger charge is -2.28. The second kappa shape index (κ2) is 11.3. The zero-order chi connectivity index (χ0) is 25.4. The summed E-state index contributed by atoms with van der Waals surface area (Å²) in [6.07, 6.45) is -0.146. The number of carboxylic acids is 1. The standard InChI is InChI=1S/C20H22N6O2.C2HF3O2/c1-21-20(27)15-13-23-26(14-15)18-6-7-22-19(12-18)24-16-2-4-17(5-3-16)25-8-10-28-11-9-25;3-2(4,5)1(6)7/h2-7,12-14H,8-11H2,1H3,(H,21,27)(H,22,24);(H,6,7). The molecule has 1 saturated heterocycles. The van der Waals surface area contributed by atoms with Gasteiger partial charge < -0.3 is 25.4 Å². The highest BCUT2D eigenvalue weighted by molar-refractivity contribution is 5.93. The van der Waals surface area contributed by atoms with Crippen molar-refractivity contribution in [3.8, 4) is 5.69 Å². The van der Waals surface area contributed by atoms with Gasteiger partial charge in [0.25, 0.3) is 5.91 Å². The summed E-state index contributed by atoms with van der Waals surface area (Å²) >= 11 is 0. The third-order valence-electron chi connectivity index (χ3n) is 4.84. The molecule has 4 rings (SSSR count). The fraction of sp³-hybridized carbons (Fsp3) is 0.273. The second-order valence-electron chi connectivity index (χ2n) is 7.23. The van der Waals surface area contributed by atoms with Gasteiger partial charge in [-0.1, -0.05) is 0 Å². The minimum atomic E-state index is -5.08. The molecule has 0 saturated carbocycles. The third kappa shape index (κ3) is 7.17. The van der Waals surface area contributed by atoms with Crippen molar-refractivity contribution < 1.29 is 32.6 Å². The highest BCUT2D eigenvalue weighted by atomic mass is 19.4. The van der Waals surface area contributed by atoms with Crippen LogP contribution in [0.25, 0.3) is 5.69 Å². The first-order chi connectivity index (χ1) is 16.7. The minimum Gasteiger partial charge on any atom is -0.475 e. The van der Waals surface area contributed by atoms with Crippen molar-refractivity contribution in [1.29, 1.82) is 0 Å². The number of nitrogens with one attached hydrogen (secondary N) is 2. The molecule has 1 fully saturated rings. The van der Waals surface area contributed by atoms with Crippen molar-refractivity contribution in [3.63, 3.8) is 0 Å². The molecule has 3 heterocycles. The van der Waals surface area contributed by atoms with E-state index in [2.05, 4.69) is 37.7 Å². The molecule has 2 aromatic heterocycles. The van der Waals surface area contributed by atoms with Crippen LogP contribution in [0.3, 0.4) is 0 Å². The molecule has 1 aromatic carbocycles. The van der Waals surface area contributed by atoms with Crippen molar-refractivity contribution in [2.75, 3.05) is 43.6 Å². The van der Waals surface area contributed by atoms with E-state index in [0.717, 1.165) is 37.7 Å². The number of halogens is 3. The van der Waals surface area contributed by atoms with Crippen LogP contribution in [-0.2, 0) is 9.53 Å². The van der Waals surface area contributed by atoms with Gasteiger partial charge in [0.05, 0.1) is 30.7 Å². The number of carboxylic acid groups (broad SMARTS) is 1. The molecule has 3 aromatic rings. The number of ether oxygens (including phenoxy) is 1. The van der Waals surface area contributed by atoms with Crippen LogP contribution in [-0.4, -0.2) is 71.3 Å².